The lowest BCUT2D eigenvalue weighted by atomic mass is 10.0. The van der Waals surface area contributed by atoms with Crippen molar-refractivity contribution >= 4 is 15.9 Å². The quantitative estimate of drug-likeness (QED) is 0.747. The van der Waals surface area contributed by atoms with Gasteiger partial charge in [0.2, 0.25) is 10.0 Å². The number of benzene rings is 2. The van der Waals surface area contributed by atoms with Gasteiger partial charge in [-0.05, 0) is 62.4 Å². The molecule has 6 heteroatoms. The maximum atomic E-state index is 13.1. The molecule has 1 aliphatic heterocycles. The Bertz CT molecular complexity index is 922. The summed E-state index contributed by atoms with van der Waals surface area (Å²) >= 11 is 0. The maximum Gasteiger partial charge on any atom is 0.251 e. The van der Waals surface area contributed by atoms with Crippen molar-refractivity contribution in [2.45, 2.75) is 56.9 Å². The number of sulfonamides is 1. The van der Waals surface area contributed by atoms with E-state index in [0.717, 1.165) is 31.2 Å². The van der Waals surface area contributed by atoms with Crippen LogP contribution in [0.15, 0.2) is 53.4 Å². The molecule has 1 saturated heterocycles. The van der Waals surface area contributed by atoms with Crippen molar-refractivity contribution in [3.05, 3.63) is 65.2 Å². The highest BCUT2D eigenvalue weighted by molar-refractivity contribution is 7.89. The highest BCUT2D eigenvalue weighted by atomic mass is 32.2. The molecule has 3 rings (SSSR count). The highest BCUT2D eigenvalue weighted by Crippen LogP contribution is 2.27. The average Bonchev–Trinajstić information content (AvgIpc) is 2.74. The second-order valence-corrected chi connectivity index (χ2v) is 9.56. The lowest BCUT2D eigenvalue weighted by Crippen LogP contribution is -2.45. The molecule has 0 aromatic heterocycles. The SMILES string of the molecule is CCc1ccc(C(=O)NCCC2CCCCN2S(=O)(=O)c2ccc(C)cc2)cc1. The van der Waals surface area contributed by atoms with E-state index in [2.05, 4.69) is 12.2 Å². The molecule has 29 heavy (non-hydrogen) atoms. The molecular formula is C23H30N2O3S. The van der Waals surface area contributed by atoms with Crippen LogP contribution in [-0.2, 0) is 16.4 Å². The Kier molecular flexibility index (Phi) is 7.09. The molecule has 0 radical (unpaired) electrons. The molecule has 1 heterocycles. The average molecular weight is 415 g/mol. The van der Waals surface area contributed by atoms with Gasteiger partial charge in [0.15, 0.2) is 0 Å². The number of rotatable bonds is 7. The van der Waals surface area contributed by atoms with E-state index in [1.54, 1.807) is 16.4 Å². The molecule has 2 aromatic rings. The van der Waals surface area contributed by atoms with Gasteiger partial charge < -0.3 is 5.32 Å². The minimum Gasteiger partial charge on any atom is -0.352 e. The summed E-state index contributed by atoms with van der Waals surface area (Å²) in [7, 11) is -3.52. The minimum atomic E-state index is -3.52. The largest absolute Gasteiger partial charge is 0.352 e. The van der Waals surface area contributed by atoms with Gasteiger partial charge in [0, 0.05) is 24.7 Å². The summed E-state index contributed by atoms with van der Waals surface area (Å²) in [5.41, 5.74) is 2.87. The molecule has 156 valence electrons. The number of hydrogen-bond acceptors (Lipinski definition) is 3. The van der Waals surface area contributed by atoms with Crippen LogP contribution in [0.2, 0.25) is 0 Å². The lowest BCUT2D eigenvalue weighted by Gasteiger charge is -2.34. The van der Waals surface area contributed by atoms with Crippen molar-refractivity contribution in [1.29, 1.82) is 0 Å². The van der Waals surface area contributed by atoms with Crippen LogP contribution in [0.1, 0.15) is 54.1 Å². The van der Waals surface area contributed by atoms with Crippen LogP contribution in [0.4, 0.5) is 0 Å². The molecule has 1 amide bonds. The molecule has 1 N–H and O–H groups in total. The van der Waals surface area contributed by atoms with Crippen molar-refractivity contribution in [2.24, 2.45) is 0 Å². The fourth-order valence-corrected chi connectivity index (χ4v) is 5.49. The van der Waals surface area contributed by atoms with Gasteiger partial charge in [0.25, 0.3) is 5.91 Å². The monoisotopic (exact) mass is 414 g/mol. The number of carbonyl (C=O) groups excluding carboxylic acids is 1. The minimum absolute atomic E-state index is 0.0854. The van der Waals surface area contributed by atoms with Gasteiger partial charge >= 0.3 is 0 Å². The maximum absolute atomic E-state index is 13.1. The van der Waals surface area contributed by atoms with Crippen LogP contribution in [0.5, 0.6) is 0 Å². The Morgan fingerprint density at radius 3 is 2.41 bits per heavy atom. The van der Waals surface area contributed by atoms with Crippen LogP contribution in [-0.4, -0.2) is 37.8 Å². The van der Waals surface area contributed by atoms with Crippen molar-refractivity contribution in [1.82, 2.24) is 9.62 Å². The molecule has 2 aromatic carbocycles. The predicted molar refractivity (Wildman–Crippen MR) is 115 cm³/mol. The number of piperidine rings is 1. The van der Waals surface area contributed by atoms with Gasteiger partial charge in [-0.25, -0.2) is 8.42 Å². The molecule has 1 aliphatic rings. The van der Waals surface area contributed by atoms with Crippen molar-refractivity contribution in [3.8, 4) is 0 Å². The summed E-state index contributed by atoms with van der Waals surface area (Å²) in [6.45, 7) is 5.01. The first-order valence-electron chi connectivity index (χ1n) is 10.4. The zero-order chi connectivity index (χ0) is 20.9. The third-order valence-corrected chi connectivity index (χ3v) is 7.55. The van der Waals surface area contributed by atoms with Crippen LogP contribution >= 0.6 is 0 Å². The summed E-state index contributed by atoms with van der Waals surface area (Å²) in [6, 6.07) is 14.5. The number of amides is 1. The van der Waals surface area contributed by atoms with Gasteiger partial charge in [-0.3, -0.25) is 4.79 Å². The summed E-state index contributed by atoms with van der Waals surface area (Å²) < 4.78 is 27.9. The number of hydrogen-bond donors (Lipinski definition) is 1. The van der Waals surface area contributed by atoms with Gasteiger partial charge in [-0.15, -0.1) is 0 Å². The Morgan fingerprint density at radius 1 is 1.07 bits per heavy atom. The standard InChI is InChI=1S/C23H30N2O3S/c1-3-19-9-11-20(12-10-19)23(26)24-16-15-21-6-4-5-17-25(21)29(27,28)22-13-7-18(2)8-14-22/h7-14,21H,3-6,15-17H2,1-2H3,(H,24,26). The first-order valence-corrected chi connectivity index (χ1v) is 11.8. The highest BCUT2D eigenvalue weighted by Gasteiger charge is 2.33. The first kappa shape index (κ1) is 21.5. The number of carbonyl (C=O) groups is 1. The van der Waals surface area contributed by atoms with Crippen molar-refractivity contribution < 1.29 is 13.2 Å². The normalized spacial score (nSPS) is 17.8. The third kappa shape index (κ3) is 5.25. The fraction of sp³-hybridized carbons (Fsp3) is 0.435. The molecule has 1 unspecified atom stereocenters. The van der Waals surface area contributed by atoms with E-state index in [1.165, 1.54) is 5.56 Å². The predicted octanol–water partition coefficient (Wildman–Crippen LogP) is 3.92. The molecule has 0 saturated carbocycles. The fourth-order valence-electron chi connectivity index (χ4n) is 3.77. The van der Waals surface area contributed by atoms with E-state index in [1.807, 2.05) is 43.3 Å². The summed E-state index contributed by atoms with van der Waals surface area (Å²) in [5.74, 6) is -0.114. The van der Waals surface area contributed by atoms with Crippen LogP contribution < -0.4 is 5.32 Å². The summed E-state index contributed by atoms with van der Waals surface area (Å²) in [4.78, 5) is 12.7. The van der Waals surface area contributed by atoms with Crippen molar-refractivity contribution in [2.75, 3.05) is 13.1 Å². The molecule has 0 aliphatic carbocycles. The van der Waals surface area contributed by atoms with Gasteiger partial charge in [-0.1, -0.05) is 43.2 Å². The van der Waals surface area contributed by atoms with Crippen LogP contribution in [0.3, 0.4) is 0 Å². The van der Waals surface area contributed by atoms with Crippen LogP contribution in [0, 0.1) is 6.92 Å². The Hall–Kier alpha value is -2.18. The zero-order valence-corrected chi connectivity index (χ0v) is 18.0. The second-order valence-electron chi connectivity index (χ2n) is 7.67. The number of aryl methyl sites for hydroxylation is 2. The summed E-state index contributed by atoms with van der Waals surface area (Å²) in [6.07, 6.45) is 4.26. The number of nitrogens with zero attached hydrogens (tertiary/aromatic N) is 1. The lowest BCUT2D eigenvalue weighted by molar-refractivity contribution is 0.0949. The molecule has 1 atom stereocenters. The Balaban J connectivity index is 1.62. The molecular weight excluding hydrogens is 384 g/mol. The molecule has 1 fully saturated rings. The number of nitrogens with one attached hydrogen (secondary N) is 1. The Morgan fingerprint density at radius 2 is 1.76 bits per heavy atom. The van der Waals surface area contributed by atoms with E-state index >= 15 is 0 Å². The molecule has 0 bridgehead atoms. The van der Waals surface area contributed by atoms with E-state index in [0.29, 0.717) is 30.0 Å². The first-order chi connectivity index (χ1) is 13.9. The topological polar surface area (TPSA) is 66.5 Å². The van der Waals surface area contributed by atoms with Gasteiger partial charge in [-0.2, -0.15) is 4.31 Å². The van der Waals surface area contributed by atoms with E-state index in [-0.39, 0.29) is 11.9 Å². The third-order valence-electron chi connectivity index (χ3n) is 5.59. The van der Waals surface area contributed by atoms with Crippen LogP contribution in [0.25, 0.3) is 0 Å². The van der Waals surface area contributed by atoms with Crippen molar-refractivity contribution in [3.63, 3.8) is 0 Å². The smallest absolute Gasteiger partial charge is 0.251 e. The molecule has 5 nitrogen and oxygen atoms in total. The summed E-state index contributed by atoms with van der Waals surface area (Å²) in [5, 5.41) is 2.94. The Labute approximate surface area is 174 Å². The van der Waals surface area contributed by atoms with Gasteiger partial charge in [0.05, 0.1) is 4.90 Å². The van der Waals surface area contributed by atoms with E-state index in [4.69, 9.17) is 0 Å². The molecule has 0 spiro atoms. The van der Waals surface area contributed by atoms with E-state index in [9.17, 15) is 13.2 Å². The van der Waals surface area contributed by atoms with E-state index < -0.39 is 10.0 Å². The zero-order valence-electron chi connectivity index (χ0n) is 17.2. The second kappa shape index (κ2) is 9.55. The van der Waals surface area contributed by atoms with Gasteiger partial charge in [0.1, 0.15) is 0 Å².